The summed E-state index contributed by atoms with van der Waals surface area (Å²) >= 11 is 0. The van der Waals surface area contributed by atoms with Crippen molar-refractivity contribution in [2.75, 3.05) is 5.73 Å². The van der Waals surface area contributed by atoms with Crippen molar-refractivity contribution in [3.05, 3.63) is 58.7 Å². The van der Waals surface area contributed by atoms with E-state index in [-0.39, 0.29) is 0 Å². The van der Waals surface area contributed by atoms with Gasteiger partial charge in [0.25, 0.3) is 0 Å². The van der Waals surface area contributed by atoms with Crippen molar-refractivity contribution in [2.45, 2.75) is 31.8 Å². The van der Waals surface area contributed by atoms with Gasteiger partial charge in [0.1, 0.15) is 0 Å². The van der Waals surface area contributed by atoms with Crippen LogP contribution in [0.5, 0.6) is 0 Å². The van der Waals surface area contributed by atoms with Crippen LogP contribution in [0.3, 0.4) is 0 Å². The Hall–Kier alpha value is -1.85. The average Bonchev–Trinajstić information content (AvgIpc) is 2.85. The number of nitrogen functional groups attached to an aromatic ring is 1. The maximum atomic E-state index is 12.9. The van der Waals surface area contributed by atoms with E-state index in [9.17, 15) is 8.42 Å². The third kappa shape index (κ3) is 2.43. The zero-order valence-corrected chi connectivity index (χ0v) is 12.9. The largest absolute Gasteiger partial charge is 0.399 e. The molecule has 0 radical (unpaired) electrons. The smallest absolute Gasteiger partial charge is 0.243 e. The SMILES string of the molecule is Cc1ccc(C)c(S(=O)(=O)N2Cc3ccc(N)cc3C2)c1. The average molecular weight is 302 g/mol. The van der Waals surface area contributed by atoms with Gasteiger partial charge >= 0.3 is 0 Å². The Kier molecular flexibility index (Phi) is 3.26. The summed E-state index contributed by atoms with van der Waals surface area (Å²) in [4.78, 5) is 0.392. The Bertz CT molecular complexity index is 813. The summed E-state index contributed by atoms with van der Waals surface area (Å²) in [6.45, 7) is 4.52. The predicted molar refractivity (Wildman–Crippen MR) is 83.2 cm³/mol. The second kappa shape index (κ2) is 4.86. The lowest BCUT2D eigenvalue weighted by Crippen LogP contribution is -2.26. The number of benzene rings is 2. The first kappa shape index (κ1) is 14.1. The number of nitrogens with zero attached hydrogens (tertiary/aromatic N) is 1. The number of aryl methyl sites for hydroxylation is 2. The molecule has 1 aliphatic heterocycles. The number of anilines is 1. The molecule has 0 bridgehead atoms. The molecule has 21 heavy (non-hydrogen) atoms. The van der Waals surface area contributed by atoms with E-state index in [1.165, 1.54) is 4.31 Å². The summed E-state index contributed by atoms with van der Waals surface area (Å²) in [5.41, 5.74) is 10.2. The van der Waals surface area contributed by atoms with Gasteiger partial charge in [0, 0.05) is 18.8 Å². The summed E-state index contributed by atoms with van der Waals surface area (Å²) in [6.07, 6.45) is 0. The van der Waals surface area contributed by atoms with E-state index < -0.39 is 10.0 Å². The number of hydrogen-bond acceptors (Lipinski definition) is 3. The van der Waals surface area contributed by atoms with Crippen molar-refractivity contribution in [3.8, 4) is 0 Å². The van der Waals surface area contributed by atoms with Crippen LogP contribution in [0.15, 0.2) is 41.3 Å². The van der Waals surface area contributed by atoms with Gasteiger partial charge in [0.15, 0.2) is 0 Å². The van der Waals surface area contributed by atoms with E-state index in [0.717, 1.165) is 22.3 Å². The maximum Gasteiger partial charge on any atom is 0.243 e. The van der Waals surface area contributed by atoms with Crippen LogP contribution in [0, 0.1) is 13.8 Å². The van der Waals surface area contributed by atoms with Crippen molar-refractivity contribution in [1.29, 1.82) is 0 Å². The standard InChI is InChI=1S/C16H18N2O2S/c1-11-3-4-12(2)16(7-11)21(19,20)18-9-13-5-6-15(17)8-14(13)10-18/h3-8H,9-10,17H2,1-2H3. The van der Waals surface area contributed by atoms with Gasteiger partial charge in [-0.2, -0.15) is 4.31 Å². The minimum absolute atomic E-state index is 0.385. The number of fused-ring (bicyclic) bond motifs is 1. The first-order valence-electron chi connectivity index (χ1n) is 6.82. The van der Waals surface area contributed by atoms with Crippen molar-refractivity contribution in [3.63, 3.8) is 0 Å². The monoisotopic (exact) mass is 302 g/mol. The third-order valence-corrected chi connectivity index (χ3v) is 5.82. The highest BCUT2D eigenvalue weighted by atomic mass is 32.2. The molecule has 4 nitrogen and oxygen atoms in total. The second-order valence-corrected chi connectivity index (χ2v) is 7.48. The maximum absolute atomic E-state index is 12.9. The Morgan fingerprint density at radius 3 is 2.48 bits per heavy atom. The lowest BCUT2D eigenvalue weighted by molar-refractivity contribution is 0.431. The van der Waals surface area contributed by atoms with Crippen LogP contribution in [-0.2, 0) is 23.1 Å². The fourth-order valence-corrected chi connectivity index (χ4v) is 4.38. The Morgan fingerprint density at radius 2 is 1.71 bits per heavy atom. The van der Waals surface area contributed by atoms with Crippen LogP contribution in [0.4, 0.5) is 5.69 Å². The lowest BCUT2D eigenvalue weighted by atomic mass is 10.1. The first-order valence-corrected chi connectivity index (χ1v) is 8.26. The fourth-order valence-electron chi connectivity index (χ4n) is 2.68. The highest BCUT2D eigenvalue weighted by molar-refractivity contribution is 7.89. The Labute approximate surface area is 125 Å². The zero-order valence-electron chi connectivity index (χ0n) is 12.1. The molecule has 0 spiro atoms. The fraction of sp³-hybridized carbons (Fsp3) is 0.250. The first-order chi connectivity index (χ1) is 9.88. The van der Waals surface area contributed by atoms with E-state index in [4.69, 9.17) is 5.73 Å². The van der Waals surface area contributed by atoms with Crippen LogP contribution in [-0.4, -0.2) is 12.7 Å². The van der Waals surface area contributed by atoms with Crippen LogP contribution >= 0.6 is 0 Å². The molecule has 0 fully saturated rings. The minimum atomic E-state index is -3.48. The van der Waals surface area contributed by atoms with Crippen LogP contribution in [0.1, 0.15) is 22.3 Å². The van der Waals surface area contributed by atoms with E-state index in [1.807, 2.05) is 44.2 Å². The number of nitrogens with two attached hydrogens (primary N) is 1. The third-order valence-electron chi connectivity index (χ3n) is 3.89. The highest BCUT2D eigenvalue weighted by Crippen LogP contribution is 2.31. The molecule has 110 valence electrons. The molecule has 0 saturated carbocycles. The molecule has 0 aliphatic carbocycles. The van der Waals surface area contributed by atoms with Gasteiger partial charge in [-0.3, -0.25) is 0 Å². The summed E-state index contributed by atoms with van der Waals surface area (Å²) in [5.74, 6) is 0. The number of sulfonamides is 1. The van der Waals surface area contributed by atoms with Crippen molar-refractivity contribution in [2.24, 2.45) is 0 Å². The van der Waals surface area contributed by atoms with E-state index in [0.29, 0.717) is 23.7 Å². The topological polar surface area (TPSA) is 63.4 Å². The van der Waals surface area contributed by atoms with E-state index >= 15 is 0 Å². The summed E-state index contributed by atoms with van der Waals surface area (Å²) in [5, 5.41) is 0. The van der Waals surface area contributed by atoms with Crippen LogP contribution in [0.25, 0.3) is 0 Å². The molecule has 0 aromatic heterocycles. The molecule has 0 amide bonds. The highest BCUT2D eigenvalue weighted by Gasteiger charge is 2.31. The lowest BCUT2D eigenvalue weighted by Gasteiger charge is -2.17. The molecule has 0 saturated heterocycles. The zero-order chi connectivity index (χ0) is 15.2. The second-order valence-electron chi connectivity index (χ2n) is 5.57. The van der Waals surface area contributed by atoms with Gasteiger partial charge in [-0.25, -0.2) is 8.42 Å². The molecule has 0 unspecified atom stereocenters. The molecule has 5 heteroatoms. The molecule has 0 atom stereocenters. The minimum Gasteiger partial charge on any atom is -0.399 e. The van der Waals surface area contributed by atoms with Gasteiger partial charge in [0.05, 0.1) is 4.90 Å². The van der Waals surface area contributed by atoms with E-state index in [2.05, 4.69) is 0 Å². The van der Waals surface area contributed by atoms with Gasteiger partial charge in [-0.05, 0) is 54.3 Å². The predicted octanol–water partition coefficient (Wildman–Crippen LogP) is 2.59. The molecular formula is C16H18N2O2S. The summed E-state index contributed by atoms with van der Waals surface area (Å²) < 4.78 is 27.2. The molecule has 2 aromatic rings. The van der Waals surface area contributed by atoms with E-state index in [1.54, 1.807) is 6.07 Å². The summed E-state index contributed by atoms with van der Waals surface area (Å²) in [7, 11) is -3.48. The molecule has 1 aliphatic rings. The summed E-state index contributed by atoms with van der Waals surface area (Å²) in [6, 6.07) is 11.1. The normalized spacial score (nSPS) is 15.1. The van der Waals surface area contributed by atoms with Gasteiger partial charge in [0.2, 0.25) is 10.0 Å². The quantitative estimate of drug-likeness (QED) is 0.867. The van der Waals surface area contributed by atoms with Crippen LogP contribution in [0.2, 0.25) is 0 Å². The Morgan fingerprint density at radius 1 is 1.00 bits per heavy atom. The molecule has 2 aromatic carbocycles. The molecule has 3 rings (SSSR count). The molecular weight excluding hydrogens is 284 g/mol. The number of rotatable bonds is 2. The van der Waals surface area contributed by atoms with Crippen LogP contribution < -0.4 is 5.73 Å². The van der Waals surface area contributed by atoms with Gasteiger partial charge < -0.3 is 5.73 Å². The number of hydrogen-bond donors (Lipinski definition) is 1. The van der Waals surface area contributed by atoms with Crippen molar-refractivity contribution in [1.82, 2.24) is 4.31 Å². The molecule has 2 N–H and O–H groups in total. The van der Waals surface area contributed by atoms with Crippen molar-refractivity contribution < 1.29 is 8.42 Å². The molecule has 1 heterocycles. The van der Waals surface area contributed by atoms with Gasteiger partial charge in [-0.15, -0.1) is 0 Å². The van der Waals surface area contributed by atoms with Crippen molar-refractivity contribution >= 4 is 15.7 Å². The van der Waals surface area contributed by atoms with Gasteiger partial charge in [-0.1, -0.05) is 18.2 Å². The Balaban J connectivity index is 2.00.